The molecule has 4 aromatic rings. The van der Waals surface area contributed by atoms with Gasteiger partial charge in [-0.15, -0.1) is 0 Å². The Morgan fingerprint density at radius 3 is 1.14 bits per heavy atom. The van der Waals surface area contributed by atoms with Gasteiger partial charge >= 0.3 is 0 Å². The summed E-state index contributed by atoms with van der Waals surface area (Å²) < 4.78 is 0. The van der Waals surface area contributed by atoms with Gasteiger partial charge in [-0.1, -0.05) is 86.7 Å². The van der Waals surface area contributed by atoms with Gasteiger partial charge in [0, 0.05) is 10.8 Å². The normalized spacial score (nSPS) is 23.1. The van der Waals surface area contributed by atoms with E-state index in [4.69, 9.17) is 0 Å². The van der Waals surface area contributed by atoms with E-state index in [1.807, 2.05) is 0 Å². The first-order valence-electron chi connectivity index (χ1n) is 16.6. The van der Waals surface area contributed by atoms with Crippen LogP contribution in [0.5, 0.6) is 0 Å². The molecule has 226 valence electrons. The van der Waals surface area contributed by atoms with E-state index in [0.29, 0.717) is 0 Å². The lowest BCUT2D eigenvalue weighted by molar-refractivity contribution is 0.512. The second-order valence-corrected chi connectivity index (χ2v) is 14.6. The summed E-state index contributed by atoms with van der Waals surface area (Å²) in [6, 6.07) is 24.1. The topological polar surface area (TPSA) is 0 Å². The van der Waals surface area contributed by atoms with Crippen LogP contribution >= 0.6 is 0 Å². The molecular weight excluding hydrogens is 528 g/mol. The van der Waals surface area contributed by atoms with Gasteiger partial charge in [0.15, 0.2) is 0 Å². The van der Waals surface area contributed by atoms with Crippen LogP contribution in [0.2, 0.25) is 0 Å². The van der Waals surface area contributed by atoms with Crippen molar-refractivity contribution in [1.82, 2.24) is 0 Å². The molecule has 0 amide bonds. The average Bonchev–Trinajstić information content (AvgIpc) is 2.98. The SMILES string of the molecule is Cc1ccc(C2(C)CCC(=CC=C3CCC(C)(c4ccc(C)c(C)c4)c4cc(C)c(C)cc43)c3cc(C)c(C)cc32)cc1C. The predicted molar refractivity (Wildman–Crippen MR) is 191 cm³/mol. The van der Waals surface area contributed by atoms with Gasteiger partial charge in [0.25, 0.3) is 0 Å². The molecule has 4 aromatic carbocycles. The summed E-state index contributed by atoms with van der Waals surface area (Å²) in [7, 11) is 0. The van der Waals surface area contributed by atoms with Crippen LogP contribution in [0.4, 0.5) is 0 Å². The van der Waals surface area contributed by atoms with Crippen molar-refractivity contribution in [2.24, 2.45) is 0 Å². The van der Waals surface area contributed by atoms with E-state index in [1.54, 1.807) is 0 Å². The van der Waals surface area contributed by atoms with Crippen LogP contribution in [0.1, 0.15) is 117 Å². The fourth-order valence-corrected chi connectivity index (χ4v) is 7.70. The van der Waals surface area contributed by atoms with Crippen molar-refractivity contribution >= 4 is 11.1 Å². The van der Waals surface area contributed by atoms with E-state index >= 15 is 0 Å². The molecule has 6 rings (SSSR count). The van der Waals surface area contributed by atoms with Gasteiger partial charge in [0.2, 0.25) is 0 Å². The van der Waals surface area contributed by atoms with Crippen molar-refractivity contribution in [3.8, 4) is 0 Å². The summed E-state index contributed by atoms with van der Waals surface area (Å²) in [6.45, 7) is 22.9. The molecule has 0 heterocycles. The van der Waals surface area contributed by atoms with Crippen molar-refractivity contribution in [3.63, 3.8) is 0 Å². The third-order valence-electron chi connectivity index (χ3n) is 11.7. The summed E-state index contributed by atoms with van der Waals surface area (Å²) in [6.07, 6.45) is 9.37. The van der Waals surface area contributed by atoms with Crippen LogP contribution in [0, 0.1) is 55.4 Å². The number of hydrogen-bond donors (Lipinski definition) is 0. The van der Waals surface area contributed by atoms with E-state index in [9.17, 15) is 0 Å². The molecule has 44 heavy (non-hydrogen) atoms. The van der Waals surface area contributed by atoms with Crippen LogP contribution in [-0.4, -0.2) is 0 Å². The summed E-state index contributed by atoms with van der Waals surface area (Å²) in [5.41, 5.74) is 22.7. The average molecular weight is 579 g/mol. The third kappa shape index (κ3) is 5.01. The minimum atomic E-state index is 0.0107. The smallest absolute Gasteiger partial charge is 0.0184 e. The highest BCUT2D eigenvalue weighted by molar-refractivity contribution is 5.80. The van der Waals surface area contributed by atoms with Gasteiger partial charge in [-0.2, -0.15) is 0 Å². The lowest BCUT2D eigenvalue weighted by Gasteiger charge is -2.39. The molecule has 0 saturated heterocycles. The lowest BCUT2D eigenvalue weighted by atomic mass is 9.64. The molecule has 0 fully saturated rings. The first-order chi connectivity index (χ1) is 20.8. The van der Waals surface area contributed by atoms with Crippen molar-refractivity contribution < 1.29 is 0 Å². The molecule has 0 heteroatoms. The molecule has 0 bridgehead atoms. The number of hydrogen-bond acceptors (Lipinski definition) is 0. The largest absolute Gasteiger partial charge is 0.0588 e. The molecule has 2 unspecified atom stereocenters. The standard InChI is InChI=1S/C44H50/c1-27-11-15-37(21-29(27)3)43(9)19-17-35(39-23-31(5)33(7)25-41(39)43)13-14-36-18-20-44(10,38-16-12-28(2)30(4)22-38)42-26-34(8)32(6)24-40(36)42/h11-16,21-26H,17-20H2,1-10H3. The quantitative estimate of drug-likeness (QED) is 0.227. The minimum Gasteiger partial charge on any atom is -0.0588 e. The van der Waals surface area contributed by atoms with Crippen molar-refractivity contribution in [3.05, 3.63) is 151 Å². The Labute approximate surface area is 267 Å². The molecule has 0 nitrogen and oxygen atoms in total. The van der Waals surface area contributed by atoms with Gasteiger partial charge in [-0.05, 0) is 170 Å². The van der Waals surface area contributed by atoms with E-state index < -0.39 is 0 Å². The van der Waals surface area contributed by atoms with Gasteiger partial charge < -0.3 is 0 Å². The first kappa shape index (κ1) is 30.4. The van der Waals surface area contributed by atoms with Gasteiger partial charge in [0.1, 0.15) is 0 Å². The molecule has 0 saturated carbocycles. The molecule has 0 spiro atoms. The monoisotopic (exact) mass is 578 g/mol. The molecule has 0 aromatic heterocycles. The van der Waals surface area contributed by atoms with Gasteiger partial charge in [-0.3, -0.25) is 0 Å². The maximum absolute atomic E-state index is 2.48. The Balaban J connectivity index is 1.46. The Morgan fingerprint density at radius 2 is 0.773 bits per heavy atom. The van der Waals surface area contributed by atoms with Crippen molar-refractivity contribution in [1.29, 1.82) is 0 Å². The summed E-state index contributed by atoms with van der Waals surface area (Å²) in [5.74, 6) is 0. The van der Waals surface area contributed by atoms with E-state index in [1.165, 1.54) is 89.0 Å². The predicted octanol–water partition coefficient (Wildman–Crippen LogP) is 11.8. The van der Waals surface area contributed by atoms with Crippen LogP contribution < -0.4 is 0 Å². The number of rotatable bonds is 3. The number of fused-ring (bicyclic) bond motifs is 2. The molecule has 0 radical (unpaired) electrons. The second-order valence-electron chi connectivity index (χ2n) is 14.6. The van der Waals surface area contributed by atoms with Crippen molar-refractivity contribution in [2.45, 2.75) is 106 Å². The van der Waals surface area contributed by atoms with Crippen molar-refractivity contribution in [2.75, 3.05) is 0 Å². The van der Waals surface area contributed by atoms with Crippen LogP contribution in [0.3, 0.4) is 0 Å². The first-order valence-corrected chi connectivity index (χ1v) is 16.6. The molecule has 2 aliphatic carbocycles. The maximum atomic E-state index is 2.48. The van der Waals surface area contributed by atoms with E-state index in [2.05, 4.69) is 142 Å². The molecule has 2 aliphatic rings. The number of allylic oxidation sites excluding steroid dienone is 4. The third-order valence-corrected chi connectivity index (χ3v) is 11.7. The summed E-state index contributed by atoms with van der Waals surface area (Å²) in [5, 5.41) is 0. The highest BCUT2D eigenvalue weighted by atomic mass is 14.4. The fraction of sp³-hybridized carbons (Fsp3) is 0.364. The van der Waals surface area contributed by atoms with Crippen LogP contribution in [-0.2, 0) is 10.8 Å². The zero-order valence-corrected chi connectivity index (χ0v) is 28.8. The van der Waals surface area contributed by atoms with E-state index in [0.717, 1.165) is 25.7 Å². The molecular formula is C44H50. The Kier molecular flexibility index (Phi) is 7.64. The van der Waals surface area contributed by atoms with Crippen LogP contribution in [0.25, 0.3) is 11.1 Å². The summed E-state index contributed by atoms with van der Waals surface area (Å²) >= 11 is 0. The minimum absolute atomic E-state index is 0.0107. The van der Waals surface area contributed by atoms with E-state index in [-0.39, 0.29) is 10.8 Å². The Hall–Kier alpha value is -3.64. The Bertz CT molecular complexity index is 1720. The molecule has 0 aliphatic heterocycles. The number of benzene rings is 4. The molecule has 2 atom stereocenters. The molecule has 0 N–H and O–H groups in total. The lowest BCUT2D eigenvalue weighted by Crippen LogP contribution is -2.29. The highest BCUT2D eigenvalue weighted by Crippen LogP contribution is 2.50. The summed E-state index contributed by atoms with van der Waals surface area (Å²) in [4.78, 5) is 0. The highest BCUT2D eigenvalue weighted by Gasteiger charge is 2.37. The number of aryl methyl sites for hydroxylation is 8. The fourth-order valence-electron chi connectivity index (χ4n) is 7.70. The Morgan fingerprint density at radius 1 is 0.432 bits per heavy atom. The zero-order chi connectivity index (χ0) is 31.6. The zero-order valence-electron chi connectivity index (χ0n) is 28.8. The second kappa shape index (κ2) is 11.1. The van der Waals surface area contributed by atoms with Gasteiger partial charge in [-0.25, -0.2) is 0 Å². The van der Waals surface area contributed by atoms with Crippen LogP contribution in [0.15, 0.2) is 72.8 Å². The maximum Gasteiger partial charge on any atom is 0.0184 e. The van der Waals surface area contributed by atoms with Gasteiger partial charge in [0.05, 0.1) is 0 Å².